The van der Waals surface area contributed by atoms with E-state index in [1.165, 1.54) is 6.07 Å². The second-order valence-corrected chi connectivity index (χ2v) is 10.6. The second-order valence-electron chi connectivity index (χ2n) is 10.6. The second kappa shape index (κ2) is 7.95. The lowest BCUT2D eigenvalue weighted by molar-refractivity contribution is -0.136. The maximum atomic E-state index is 13.7. The van der Waals surface area contributed by atoms with E-state index >= 15 is 0 Å². The van der Waals surface area contributed by atoms with Gasteiger partial charge >= 0.3 is 0 Å². The van der Waals surface area contributed by atoms with Crippen LogP contribution in [0.1, 0.15) is 37.0 Å². The minimum Gasteiger partial charge on any atom is -0.510 e. The third-order valence-corrected chi connectivity index (χ3v) is 7.19. The van der Waals surface area contributed by atoms with E-state index in [0.29, 0.717) is 19.3 Å². The molecule has 9 nitrogen and oxygen atoms in total. The van der Waals surface area contributed by atoms with Gasteiger partial charge in [0.25, 0.3) is 5.91 Å². The van der Waals surface area contributed by atoms with Gasteiger partial charge in [-0.3, -0.25) is 19.3 Å². The number of aromatic hydroxyl groups is 1. The molecule has 3 aliphatic carbocycles. The quantitative estimate of drug-likeness (QED) is 0.323. The molecule has 34 heavy (non-hydrogen) atoms. The molecule has 0 heterocycles. The highest BCUT2D eigenvalue weighted by atomic mass is 16.3. The van der Waals surface area contributed by atoms with Crippen LogP contribution in [0.25, 0.3) is 5.76 Å². The van der Waals surface area contributed by atoms with Crippen LogP contribution < -0.4 is 11.5 Å². The minimum atomic E-state index is -1.26. The Morgan fingerprint density at radius 3 is 2.35 bits per heavy atom. The Morgan fingerprint density at radius 2 is 1.79 bits per heavy atom. The number of fused-ring (bicyclic) bond motifs is 3. The number of hydrogen-bond acceptors (Lipinski definition) is 8. The average Bonchev–Trinajstić information content (AvgIpc) is 2.68. The summed E-state index contributed by atoms with van der Waals surface area (Å²) >= 11 is 0. The van der Waals surface area contributed by atoms with E-state index < -0.39 is 58.1 Å². The van der Waals surface area contributed by atoms with E-state index in [4.69, 9.17) is 11.5 Å². The highest BCUT2D eigenvalue weighted by molar-refractivity contribution is 6.28. The van der Waals surface area contributed by atoms with E-state index in [2.05, 4.69) is 0 Å². The fourth-order valence-corrected chi connectivity index (χ4v) is 5.99. The first-order chi connectivity index (χ1) is 15.7. The summed E-state index contributed by atoms with van der Waals surface area (Å²) in [5.74, 6) is -5.75. The summed E-state index contributed by atoms with van der Waals surface area (Å²) < 4.78 is 0. The average molecular weight is 470 g/mol. The maximum Gasteiger partial charge on any atom is 0.255 e. The van der Waals surface area contributed by atoms with Crippen molar-refractivity contribution in [1.29, 1.82) is 0 Å². The zero-order valence-electron chi connectivity index (χ0n) is 19.8. The van der Waals surface area contributed by atoms with Crippen LogP contribution in [0, 0.1) is 17.8 Å². The number of hydrogen-bond donors (Lipinski definition) is 5. The molecule has 3 unspecified atom stereocenters. The lowest BCUT2D eigenvalue weighted by Gasteiger charge is -2.46. The highest BCUT2D eigenvalue weighted by Gasteiger charge is 2.55. The van der Waals surface area contributed by atoms with Gasteiger partial charge in [-0.15, -0.1) is 0 Å². The van der Waals surface area contributed by atoms with Crippen LogP contribution in [-0.4, -0.2) is 63.4 Å². The fraction of sp³-hybridized carbons (Fsp3) is 0.480. The summed E-state index contributed by atoms with van der Waals surface area (Å²) in [7, 11) is 3.38. The van der Waals surface area contributed by atoms with Crippen molar-refractivity contribution in [2.45, 2.75) is 44.7 Å². The van der Waals surface area contributed by atoms with Crippen molar-refractivity contribution in [2.75, 3.05) is 14.1 Å². The third-order valence-electron chi connectivity index (χ3n) is 7.19. The standard InChI is InChI=1S/C25H31N3O6/c1-25(2,27)9-10-5-6-14(29)16-12(10)7-11-8-13-17(21(31)15(11)20(16)30)22(32)18(24(26)34)23(33)19(13)28(3)4/h5-6,11,13,17,19,29-30,33H,7-9,27H2,1-4H3,(H2,26,34)/t11?,13?,17?,19-/m0/s1. The number of amides is 1. The zero-order valence-corrected chi connectivity index (χ0v) is 19.8. The molecule has 9 heteroatoms. The van der Waals surface area contributed by atoms with Crippen LogP contribution >= 0.6 is 0 Å². The number of ketones is 2. The number of Topliss-reactive ketones (excluding diaryl/α,β-unsaturated/α-hetero) is 2. The van der Waals surface area contributed by atoms with Crippen molar-refractivity contribution >= 4 is 23.2 Å². The van der Waals surface area contributed by atoms with Gasteiger partial charge in [0.1, 0.15) is 22.8 Å². The summed E-state index contributed by atoms with van der Waals surface area (Å²) in [4.78, 5) is 40.5. The number of rotatable bonds is 4. The van der Waals surface area contributed by atoms with Crippen LogP contribution in [0.3, 0.4) is 0 Å². The number of aliphatic hydroxyl groups excluding tert-OH is 2. The number of allylic oxidation sites excluding steroid dienone is 1. The summed E-state index contributed by atoms with van der Waals surface area (Å²) in [5.41, 5.74) is 12.3. The first-order valence-corrected chi connectivity index (χ1v) is 11.3. The molecule has 1 amide bonds. The molecule has 0 radical (unpaired) electrons. The van der Waals surface area contributed by atoms with Crippen LogP contribution in [0.2, 0.25) is 0 Å². The van der Waals surface area contributed by atoms with Gasteiger partial charge in [0.15, 0.2) is 11.6 Å². The largest absolute Gasteiger partial charge is 0.510 e. The van der Waals surface area contributed by atoms with Crippen LogP contribution in [0.5, 0.6) is 5.75 Å². The first-order valence-electron chi connectivity index (χ1n) is 11.3. The predicted octanol–water partition coefficient (Wildman–Crippen LogP) is 1.13. The summed E-state index contributed by atoms with van der Waals surface area (Å²) in [6.07, 6.45) is 1.18. The van der Waals surface area contributed by atoms with Gasteiger partial charge in [-0.25, -0.2) is 0 Å². The molecule has 1 saturated carbocycles. The van der Waals surface area contributed by atoms with E-state index in [-0.39, 0.29) is 22.6 Å². The summed E-state index contributed by atoms with van der Waals surface area (Å²) in [6, 6.07) is 2.48. The van der Waals surface area contributed by atoms with Crippen molar-refractivity contribution in [2.24, 2.45) is 29.2 Å². The number of carbonyl (C=O) groups is 3. The van der Waals surface area contributed by atoms with Gasteiger partial charge in [-0.05, 0) is 76.2 Å². The van der Waals surface area contributed by atoms with Gasteiger partial charge in [0.05, 0.1) is 17.5 Å². The first kappa shape index (κ1) is 24.0. The van der Waals surface area contributed by atoms with Crippen molar-refractivity contribution in [1.82, 2.24) is 4.90 Å². The minimum absolute atomic E-state index is 0.0734. The van der Waals surface area contributed by atoms with Gasteiger partial charge < -0.3 is 26.8 Å². The third kappa shape index (κ3) is 3.59. The summed E-state index contributed by atoms with van der Waals surface area (Å²) in [6.45, 7) is 3.76. The van der Waals surface area contributed by atoms with E-state index in [0.717, 1.165) is 11.1 Å². The Hall–Kier alpha value is -3.17. The van der Waals surface area contributed by atoms with Crippen LogP contribution in [-0.2, 0) is 27.2 Å². The number of phenols is 1. The highest BCUT2D eigenvalue weighted by Crippen LogP contribution is 2.50. The Bertz CT molecular complexity index is 1170. The molecule has 1 aromatic rings. The van der Waals surface area contributed by atoms with E-state index in [1.54, 1.807) is 25.1 Å². The maximum absolute atomic E-state index is 13.7. The molecule has 7 N–H and O–H groups in total. The predicted molar refractivity (Wildman–Crippen MR) is 125 cm³/mol. The number of likely N-dealkylation sites (N-methyl/N-ethyl adjacent to an activating group) is 1. The summed E-state index contributed by atoms with van der Waals surface area (Å²) in [5, 5.41) is 32.5. The number of nitrogens with two attached hydrogens (primary N) is 2. The Kier molecular flexibility index (Phi) is 5.61. The molecule has 0 saturated heterocycles. The van der Waals surface area contributed by atoms with E-state index in [9.17, 15) is 29.7 Å². The lowest BCUT2D eigenvalue weighted by atomic mass is 9.59. The molecular weight excluding hydrogens is 438 g/mol. The number of benzene rings is 1. The molecule has 1 fully saturated rings. The molecule has 4 atom stereocenters. The van der Waals surface area contributed by atoms with Gasteiger partial charge in [-0.2, -0.15) is 0 Å². The molecule has 4 rings (SSSR count). The van der Waals surface area contributed by atoms with Crippen molar-refractivity contribution in [3.05, 3.63) is 45.7 Å². The molecule has 0 aliphatic heterocycles. The molecule has 0 spiro atoms. The number of phenolic OH excluding ortho intramolecular Hbond substituents is 1. The van der Waals surface area contributed by atoms with Gasteiger partial charge in [0, 0.05) is 11.1 Å². The monoisotopic (exact) mass is 469 g/mol. The number of carbonyl (C=O) groups excluding carboxylic acids is 3. The van der Waals surface area contributed by atoms with E-state index in [1.807, 2.05) is 13.8 Å². The molecule has 3 aliphatic rings. The van der Waals surface area contributed by atoms with Crippen molar-refractivity contribution in [3.8, 4) is 5.75 Å². The number of primary amides is 1. The topological polar surface area (TPSA) is 167 Å². The fourth-order valence-electron chi connectivity index (χ4n) is 5.99. The zero-order chi connectivity index (χ0) is 25.3. The Labute approximate surface area is 197 Å². The molecule has 0 bridgehead atoms. The van der Waals surface area contributed by atoms with Crippen molar-refractivity contribution in [3.63, 3.8) is 0 Å². The number of aliphatic hydroxyl groups is 2. The Balaban J connectivity index is 1.88. The van der Waals surface area contributed by atoms with Gasteiger partial charge in [0.2, 0.25) is 0 Å². The molecule has 1 aromatic carbocycles. The molecule has 0 aromatic heterocycles. The molecular formula is C25H31N3O6. The van der Waals surface area contributed by atoms with Crippen LogP contribution in [0.15, 0.2) is 29.0 Å². The molecule has 182 valence electrons. The van der Waals surface area contributed by atoms with Gasteiger partial charge in [-0.1, -0.05) is 6.07 Å². The smallest absolute Gasteiger partial charge is 0.255 e. The Morgan fingerprint density at radius 1 is 1.15 bits per heavy atom. The van der Waals surface area contributed by atoms with Crippen molar-refractivity contribution < 1.29 is 29.7 Å². The lowest BCUT2D eigenvalue weighted by Crippen LogP contribution is -2.55. The number of nitrogens with zero attached hydrogens (tertiary/aromatic N) is 1. The SMILES string of the molecule is CN(C)[C@@H]1C(O)=C(C(N)=O)C(=O)C2C(=O)C3=C(O)c4c(O)ccc(CC(C)(C)N)c4CC3CC21. The normalized spacial score (nSPS) is 27.0. The van der Waals surface area contributed by atoms with Crippen LogP contribution in [0.4, 0.5) is 0 Å².